The van der Waals surface area contributed by atoms with Gasteiger partial charge in [0.25, 0.3) is 5.91 Å². The summed E-state index contributed by atoms with van der Waals surface area (Å²) in [4.78, 5) is 49.9. The fourth-order valence-electron chi connectivity index (χ4n) is 2.99. The highest BCUT2D eigenvalue weighted by Crippen LogP contribution is 2.31. The third-order valence-electron chi connectivity index (χ3n) is 4.46. The summed E-state index contributed by atoms with van der Waals surface area (Å²) >= 11 is 0. The molecule has 11 nitrogen and oxygen atoms in total. The van der Waals surface area contributed by atoms with Gasteiger partial charge in [0, 0.05) is 18.8 Å². The van der Waals surface area contributed by atoms with Crippen LogP contribution >= 0.6 is 0 Å². The molecule has 1 atom stereocenters. The first-order chi connectivity index (χ1) is 13.4. The molecule has 0 spiro atoms. The van der Waals surface area contributed by atoms with Crippen LogP contribution in [0.4, 0.5) is 9.59 Å². The van der Waals surface area contributed by atoms with E-state index in [1.54, 1.807) is 32.3 Å². The topological polar surface area (TPSA) is 139 Å². The number of amides is 6. The molecule has 1 aliphatic heterocycles. The maximum Gasteiger partial charge on any atom is 0.325 e. The Labute approximate surface area is 160 Å². The summed E-state index contributed by atoms with van der Waals surface area (Å²) in [6, 6.07) is 1.86. The first-order valence-corrected chi connectivity index (χ1v) is 8.59. The van der Waals surface area contributed by atoms with E-state index in [2.05, 4.69) is 21.0 Å². The van der Waals surface area contributed by atoms with Crippen molar-refractivity contribution in [1.29, 1.82) is 0 Å². The number of carbonyl (C=O) groups is 4. The van der Waals surface area contributed by atoms with Crippen molar-refractivity contribution in [2.75, 3.05) is 6.54 Å². The minimum Gasteiger partial charge on any atom is -0.467 e. The fraction of sp³-hybridized carbons (Fsp3) is 0.353. The van der Waals surface area contributed by atoms with Gasteiger partial charge in [0.05, 0.1) is 19.0 Å². The molecule has 3 N–H and O–H groups in total. The van der Waals surface area contributed by atoms with Crippen molar-refractivity contribution in [3.05, 3.63) is 42.1 Å². The third kappa shape index (κ3) is 3.59. The van der Waals surface area contributed by atoms with Crippen LogP contribution in [0.5, 0.6) is 0 Å². The molecule has 2 aromatic rings. The monoisotopic (exact) mass is 388 g/mol. The van der Waals surface area contributed by atoms with E-state index in [1.165, 1.54) is 17.1 Å². The van der Waals surface area contributed by atoms with Gasteiger partial charge >= 0.3 is 12.1 Å². The first kappa shape index (κ1) is 19.1. The van der Waals surface area contributed by atoms with Crippen molar-refractivity contribution in [2.45, 2.75) is 25.4 Å². The molecule has 28 heavy (non-hydrogen) atoms. The lowest BCUT2D eigenvalue weighted by Gasteiger charge is -2.23. The van der Waals surface area contributed by atoms with Gasteiger partial charge in [-0.2, -0.15) is 5.10 Å². The molecule has 3 rings (SSSR count). The van der Waals surface area contributed by atoms with Crippen LogP contribution < -0.4 is 16.0 Å². The number of imide groups is 2. The van der Waals surface area contributed by atoms with E-state index in [0.717, 1.165) is 4.90 Å². The highest BCUT2D eigenvalue weighted by molar-refractivity contribution is 6.10. The number of urea groups is 2. The van der Waals surface area contributed by atoms with Gasteiger partial charge in [-0.25, -0.2) is 9.59 Å². The van der Waals surface area contributed by atoms with E-state index in [0.29, 0.717) is 11.3 Å². The Morgan fingerprint density at radius 2 is 2.14 bits per heavy atom. The zero-order valence-electron chi connectivity index (χ0n) is 15.4. The molecule has 0 saturated carbocycles. The average Bonchev–Trinajstić information content (AvgIpc) is 3.37. The number of rotatable bonds is 6. The number of aromatic nitrogens is 2. The first-order valence-electron chi connectivity index (χ1n) is 8.59. The number of furan rings is 1. The second kappa shape index (κ2) is 7.55. The molecule has 2 aromatic heterocycles. The van der Waals surface area contributed by atoms with Crippen molar-refractivity contribution >= 4 is 23.9 Å². The lowest BCUT2D eigenvalue weighted by molar-refractivity contribution is -0.135. The summed E-state index contributed by atoms with van der Waals surface area (Å²) in [7, 11) is 1.70. The SMILES string of the molecule is CC[C@@]1(c2cnn(C)c2)NC(=O)N(CC(=O)NC(=O)NCc2ccco2)C1=O. The molecule has 0 aliphatic carbocycles. The Kier molecular flexibility index (Phi) is 5.16. The van der Waals surface area contributed by atoms with Crippen LogP contribution in [-0.4, -0.2) is 45.1 Å². The number of hydrogen-bond acceptors (Lipinski definition) is 6. The van der Waals surface area contributed by atoms with E-state index in [1.807, 2.05) is 0 Å². The molecule has 0 radical (unpaired) electrons. The smallest absolute Gasteiger partial charge is 0.325 e. The minimum atomic E-state index is -1.28. The van der Waals surface area contributed by atoms with E-state index >= 15 is 0 Å². The molecule has 11 heteroatoms. The second-order valence-electron chi connectivity index (χ2n) is 6.29. The van der Waals surface area contributed by atoms with Crippen molar-refractivity contribution in [2.24, 2.45) is 7.05 Å². The molecule has 3 heterocycles. The van der Waals surface area contributed by atoms with Crippen LogP contribution in [0.3, 0.4) is 0 Å². The standard InChI is InChI=1S/C17H20N6O5/c1-3-17(11-7-19-22(2)9-11)14(25)23(16(27)21-17)10-13(24)20-15(26)18-8-12-5-4-6-28-12/h4-7,9H,3,8,10H2,1-2H3,(H,21,27)(H2,18,20,24,26)/t17-/m0/s1. The highest BCUT2D eigenvalue weighted by atomic mass is 16.3. The highest BCUT2D eigenvalue weighted by Gasteiger charge is 2.52. The van der Waals surface area contributed by atoms with Gasteiger partial charge < -0.3 is 15.1 Å². The predicted octanol–water partition coefficient (Wildman–Crippen LogP) is 0.196. The summed E-state index contributed by atoms with van der Waals surface area (Å²) < 4.78 is 6.58. The summed E-state index contributed by atoms with van der Waals surface area (Å²) in [5, 5.41) is 11.2. The number of carbonyl (C=O) groups excluding carboxylic acids is 4. The fourth-order valence-corrected chi connectivity index (χ4v) is 2.99. The molecular weight excluding hydrogens is 368 g/mol. The van der Waals surface area contributed by atoms with Gasteiger partial charge in [0.2, 0.25) is 5.91 Å². The molecule has 1 fully saturated rings. The average molecular weight is 388 g/mol. The zero-order chi connectivity index (χ0) is 20.3. The molecule has 1 aliphatic rings. The van der Waals surface area contributed by atoms with Gasteiger partial charge in [0.15, 0.2) is 0 Å². The van der Waals surface area contributed by atoms with Gasteiger partial charge in [-0.3, -0.25) is 24.5 Å². The molecule has 6 amide bonds. The quantitative estimate of drug-likeness (QED) is 0.604. The number of hydrogen-bond donors (Lipinski definition) is 3. The van der Waals surface area contributed by atoms with E-state index in [4.69, 9.17) is 4.42 Å². The molecule has 1 saturated heterocycles. The summed E-state index contributed by atoms with van der Waals surface area (Å²) in [5.74, 6) is -0.849. The van der Waals surface area contributed by atoms with Gasteiger partial charge in [-0.1, -0.05) is 6.92 Å². The van der Waals surface area contributed by atoms with Crippen LogP contribution in [0, 0.1) is 0 Å². The van der Waals surface area contributed by atoms with Gasteiger partial charge in [0.1, 0.15) is 17.8 Å². The molecular formula is C17H20N6O5. The third-order valence-corrected chi connectivity index (χ3v) is 4.46. The van der Waals surface area contributed by atoms with Crippen LogP contribution in [0.1, 0.15) is 24.7 Å². The summed E-state index contributed by atoms with van der Waals surface area (Å²) in [5.41, 5.74) is -0.761. The van der Waals surface area contributed by atoms with Crippen molar-refractivity contribution in [3.8, 4) is 0 Å². The molecule has 0 unspecified atom stereocenters. The molecule has 0 bridgehead atoms. The molecule has 0 aromatic carbocycles. The van der Waals surface area contributed by atoms with Crippen LogP contribution in [-0.2, 0) is 28.7 Å². The van der Waals surface area contributed by atoms with Crippen LogP contribution in [0.15, 0.2) is 35.2 Å². The van der Waals surface area contributed by atoms with E-state index in [9.17, 15) is 19.2 Å². The number of nitrogens with zero attached hydrogens (tertiary/aromatic N) is 3. The lowest BCUT2D eigenvalue weighted by atomic mass is 9.89. The Bertz CT molecular complexity index is 905. The lowest BCUT2D eigenvalue weighted by Crippen LogP contribution is -2.47. The maximum absolute atomic E-state index is 12.9. The molecule has 148 valence electrons. The van der Waals surface area contributed by atoms with Crippen molar-refractivity contribution < 1.29 is 23.6 Å². The number of aryl methyl sites for hydroxylation is 1. The minimum absolute atomic E-state index is 0.0925. The maximum atomic E-state index is 12.9. The van der Waals surface area contributed by atoms with E-state index < -0.39 is 36.0 Å². The van der Waals surface area contributed by atoms with Crippen LogP contribution in [0.2, 0.25) is 0 Å². The van der Waals surface area contributed by atoms with Crippen LogP contribution in [0.25, 0.3) is 0 Å². The number of nitrogens with one attached hydrogen (secondary N) is 3. The van der Waals surface area contributed by atoms with Gasteiger partial charge in [-0.15, -0.1) is 0 Å². The Balaban J connectivity index is 1.62. The Morgan fingerprint density at radius 3 is 2.75 bits per heavy atom. The van der Waals surface area contributed by atoms with E-state index in [-0.39, 0.29) is 13.0 Å². The van der Waals surface area contributed by atoms with Crippen molar-refractivity contribution in [3.63, 3.8) is 0 Å². The zero-order valence-corrected chi connectivity index (χ0v) is 15.4. The largest absolute Gasteiger partial charge is 0.467 e. The van der Waals surface area contributed by atoms with Crippen molar-refractivity contribution in [1.82, 2.24) is 30.6 Å². The Hall–Kier alpha value is -3.63. The second-order valence-corrected chi connectivity index (χ2v) is 6.29. The van der Waals surface area contributed by atoms with Gasteiger partial charge in [-0.05, 0) is 18.6 Å². The summed E-state index contributed by atoms with van der Waals surface area (Å²) in [6.45, 7) is 1.26. The Morgan fingerprint density at radius 1 is 1.36 bits per heavy atom. The normalized spacial score (nSPS) is 18.9. The summed E-state index contributed by atoms with van der Waals surface area (Å²) in [6.07, 6.45) is 4.87. The predicted molar refractivity (Wildman–Crippen MR) is 94.5 cm³/mol.